The minimum Gasteiger partial charge on any atom is -0.290 e. The van der Waals surface area contributed by atoms with Crippen LogP contribution in [0.15, 0.2) is 43.2 Å². The summed E-state index contributed by atoms with van der Waals surface area (Å²) in [5, 5.41) is 1.62. The van der Waals surface area contributed by atoms with Crippen LogP contribution in [-0.2, 0) is 0 Å². The van der Waals surface area contributed by atoms with E-state index >= 15 is 0 Å². The summed E-state index contributed by atoms with van der Waals surface area (Å²) < 4.78 is 1.85. The van der Waals surface area contributed by atoms with E-state index < -0.39 is 0 Å². The maximum Gasteiger partial charge on any atom is 0.149 e. The van der Waals surface area contributed by atoms with Crippen molar-refractivity contribution < 1.29 is 0 Å². The van der Waals surface area contributed by atoms with Crippen molar-refractivity contribution in [2.75, 3.05) is 0 Å². The Morgan fingerprint density at radius 1 is 1.19 bits per heavy atom. The maximum atomic E-state index is 5.92. The lowest BCUT2D eigenvalue weighted by Gasteiger charge is -2.04. The predicted octanol–water partition coefficient (Wildman–Crippen LogP) is 2.47. The molecule has 0 spiro atoms. The fourth-order valence-electron chi connectivity index (χ4n) is 1.61. The highest BCUT2D eigenvalue weighted by Crippen LogP contribution is 2.21. The summed E-state index contributed by atoms with van der Waals surface area (Å²) >= 11 is 5.92. The van der Waals surface area contributed by atoms with Crippen molar-refractivity contribution in [2.24, 2.45) is 0 Å². The van der Waals surface area contributed by atoms with Crippen molar-refractivity contribution in [3.8, 4) is 5.82 Å². The van der Waals surface area contributed by atoms with Gasteiger partial charge in [-0.1, -0.05) is 11.6 Å². The van der Waals surface area contributed by atoms with E-state index in [4.69, 9.17) is 11.6 Å². The molecule has 2 aromatic heterocycles. The van der Waals surface area contributed by atoms with Gasteiger partial charge in [0.05, 0.1) is 5.52 Å². The number of fused-ring (bicyclic) bond motifs is 1. The normalized spacial score (nSPS) is 10.8. The number of imidazole rings is 1. The molecule has 3 aromatic rings. The molecule has 0 radical (unpaired) electrons. The zero-order chi connectivity index (χ0) is 11.0. The van der Waals surface area contributed by atoms with Crippen LogP contribution in [0.5, 0.6) is 0 Å². The molecule has 0 amide bonds. The molecule has 0 aliphatic carbocycles. The van der Waals surface area contributed by atoms with Gasteiger partial charge in [-0.25, -0.2) is 15.0 Å². The number of halogens is 1. The first kappa shape index (κ1) is 9.30. The van der Waals surface area contributed by atoms with E-state index in [9.17, 15) is 0 Å². The predicted molar refractivity (Wildman–Crippen MR) is 61.7 cm³/mol. The first-order valence-corrected chi connectivity index (χ1v) is 5.11. The van der Waals surface area contributed by atoms with Crippen LogP contribution in [0.25, 0.3) is 16.7 Å². The Balaban J connectivity index is 2.34. The van der Waals surface area contributed by atoms with E-state index in [1.165, 1.54) is 6.33 Å². The Morgan fingerprint density at radius 2 is 2.12 bits per heavy atom. The summed E-state index contributed by atoms with van der Waals surface area (Å²) in [4.78, 5) is 12.4. The van der Waals surface area contributed by atoms with E-state index in [1.54, 1.807) is 12.5 Å². The average molecular weight is 231 g/mol. The Kier molecular flexibility index (Phi) is 2.08. The molecule has 5 heteroatoms. The van der Waals surface area contributed by atoms with E-state index in [-0.39, 0.29) is 0 Å². The minimum absolute atomic E-state index is 0.669. The monoisotopic (exact) mass is 230 g/mol. The molecule has 0 fully saturated rings. The molecule has 78 valence electrons. The van der Waals surface area contributed by atoms with Crippen molar-refractivity contribution in [1.29, 1.82) is 0 Å². The summed E-state index contributed by atoms with van der Waals surface area (Å²) in [6.45, 7) is 0. The zero-order valence-electron chi connectivity index (χ0n) is 8.21. The first-order valence-electron chi connectivity index (χ1n) is 4.73. The number of aromatic nitrogens is 4. The molecule has 0 aliphatic rings. The van der Waals surface area contributed by atoms with Crippen LogP contribution in [0, 0.1) is 0 Å². The maximum absolute atomic E-state index is 5.92. The topological polar surface area (TPSA) is 43.6 Å². The standard InChI is InChI=1S/C11H7ClN4/c12-8-1-2-9-10(5-8)14-6-15-11(9)16-4-3-13-7-16/h1-7H. The van der Waals surface area contributed by atoms with Gasteiger partial charge in [0.2, 0.25) is 0 Å². The number of nitrogens with zero attached hydrogens (tertiary/aromatic N) is 4. The molecular formula is C11H7ClN4. The lowest BCUT2D eigenvalue weighted by Crippen LogP contribution is -1.96. The number of hydrogen-bond donors (Lipinski definition) is 0. The van der Waals surface area contributed by atoms with Crippen LogP contribution in [0.2, 0.25) is 5.02 Å². The molecule has 0 saturated heterocycles. The van der Waals surface area contributed by atoms with Crippen LogP contribution in [0.1, 0.15) is 0 Å². The molecule has 16 heavy (non-hydrogen) atoms. The van der Waals surface area contributed by atoms with Crippen LogP contribution in [0.3, 0.4) is 0 Å². The van der Waals surface area contributed by atoms with Gasteiger partial charge in [0.25, 0.3) is 0 Å². The molecule has 0 saturated carbocycles. The molecule has 0 N–H and O–H groups in total. The van der Waals surface area contributed by atoms with E-state index in [2.05, 4.69) is 15.0 Å². The fourth-order valence-corrected chi connectivity index (χ4v) is 1.77. The highest BCUT2D eigenvalue weighted by atomic mass is 35.5. The average Bonchev–Trinajstić information content (AvgIpc) is 2.81. The zero-order valence-corrected chi connectivity index (χ0v) is 8.96. The highest BCUT2D eigenvalue weighted by molar-refractivity contribution is 6.31. The van der Waals surface area contributed by atoms with Gasteiger partial charge in [-0.05, 0) is 18.2 Å². The van der Waals surface area contributed by atoms with Crippen molar-refractivity contribution in [1.82, 2.24) is 19.5 Å². The quantitative estimate of drug-likeness (QED) is 0.645. The Morgan fingerprint density at radius 3 is 2.94 bits per heavy atom. The van der Waals surface area contributed by atoms with Crippen molar-refractivity contribution in [2.45, 2.75) is 0 Å². The van der Waals surface area contributed by atoms with Gasteiger partial charge in [0, 0.05) is 22.8 Å². The van der Waals surface area contributed by atoms with Crippen molar-refractivity contribution >= 4 is 22.5 Å². The molecule has 0 atom stereocenters. The van der Waals surface area contributed by atoms with E-state index in [0.717, 1.165) is 16.7 Å². The van der Waals surface area contributed by atoms with E-state index in [0.29, 0.717) is 5.02 Å². The Hall–Kier alpha value is -1.94. The SMILES string of the molecule is Clc1ccc2c(-n3ccnc3)ncnc2c1. The third-order valence-electron chi connectivity index (χ3n) is 2.33. The van der Waals surface area contributed by atoms with Crippen LogP contribution in [-0.4, -0.2) is 19.5 Å². The van der Waals surface area contributed by atoms with Crippen molar-refractivity contribution in [3.63, 3.8) is 0 Å². The second kappa shape index (κ2) is 3.57. The molecule has 2 heterocycles. The lowest BCUT2D eigenvalue weighted by atomic mass is 10.2. The third-order valence-corrected chi connectivity index (χ3v) is 2.56. The lowest BCUT2D eigenvalue weighted by molar-refractivity contribution is 0.993. The number of hydrogen-bond acceptors (Lipinski definition) is 3. The third kappa shape index (κ3) is 1.44. The summed E-state index contributed by atoms with van der Waals surface area (Å²) in [5.41, 5.74) is 0.825. The minimum atomic E-state index is 0.669. The fraction of sp³-hybridized carbons (Fsp3) is 0. The summed E-state index contributed by atoms with van der Waals surface area (Å²) in [6, 6.07) is 5.56. The van der Waals surface area contributed by atoms with Crippen LogP contribution in [0.4, 0.5) is 0 Å². The molecule has 0 aliphatic heterocycles. The van der Waals surface area contributed by atoms with Gasteiger partial charge in [0.1, 0.15) is 18.5 Å². The highest BCUT2D eigenvalue weighted by Gasteiger charge is 2.05. The summed E-state index contributed by atoms with van der Waals surface area (Å²) in [6.07, 6.45) is 6.78. The van der Waals surface area contributed by atoms with Gasteiger partial charge in [0.15, 0.2) is 0 Å². The van der Waals surface area contributed by atoms with Gasteiger partial charge >= 0.3 is 0 Å². The largest absolute Gasteiger partial charge is 0.290 e. The smallest absolute Gasteiger partial charge is 0.149 e. The molecule has 1 aromatic carbocycles. The van der Waals surface area contributed by atoms with E-state index in [1.807, 2.05) is 29.0 Å². The molecule has 3 rings (SSSR count). The van der Waals surface area contributed by atoms with Crippen molar-refractivity contribution in [3.05, 3.63) is 48.3 Å². The Bertz CT molecular complexity index is 634. The van der Waals surface area contributed by atoms with Crippen LogP contribution >= 0.6 is 11.6 Å². The van der Waals surface area contributed by atoms with Crippen LogP contribution < -0.4 is 0 Å². The van der Waals surface area contributed by atoms with Gasteiger partial charge in [-0.3, -0.25) is 4.57 Å². The van der Waals surface area contributed by atoms with Gasteiger partial charge in [-0.15, -0.1) is 0 Å². The number of benzene rings is 1. The molecule has 0 bridgehead atoms. The number of rotatable bonds is 1. The molecule has 4 nitrogen and oxygen atoms in total. The van der Waals surface area contributed by atoms with Gasteiger partial charge < -0.3 is 0 Å². The molecular weight excluding hydrogens is 224 g/mol. The second-order valence-electron chi connectivity index (χ2n) is 3.33. The summed E-state index contributed by atoms with van der Waals surface area (Å²) in [7, 11) is 0. The van der Waals surface area contributed by atoms with Gasteiger partial charge in [-0.2, -0.15) is 0 Å². The first-order chi connectivity index (χ1) is 7.84. The second-order valence-corrected chi connectivity index (χ2v) is 3.77. The summed E-state index contributed by atoms with van der Waals surface area (Å²) in [5.74, 6) is 0.805. The Labute approximate surface area is 96.6 Å². The molecule has 0 unspecified atom stereocenters.